The number of hydrogen-bond donors (Lipinski definition) is 3. The Morgan fingerprint density at radius 1 is 1.47 bits per heavy atom. The van der Waals surface area contributed by atoms with Gasteiger partial charge in [-0.3, -0.25) is 5.32 Å². The monoisotopic (exact) mass is 275 g/mol. The Kier molecular flexibility index (Phi) is 2.57. The van der Waals surface area contributed by atoms with E-state index in [-0.39, 0.29) is 0 Å². The fraction of sp³-hybridized carbons (Fsp3) is 0. The van der Waals surface area contributed by atoms with Crippen molar-refractivity contribution in [3.63, 3.8) is 0 Å². The number of amides is 1. The second-order valence-electron chi connectivity index (χ2n) is 3.81. The zero-order chi connectivity index (χ0) is 13.4. The summed E-state index contributed by atoms with van der Waals surface area (Å²) in [6, 6.07) is 4.97. The summed E-state index contributed by atoms with van der Waals surface area (Å²) in [5.74, 6) is 6.51. The van der Waals surface area contributed by atoms with Crippen molar-refractivity contribution >= 4 is 34.2 Å². The molecule has 0 spiro atoms. The van der Waals surface area contributed by atoms with Crippen molar-refractivity contribution in [1.82, 2.24) is 14.6 Å². The van der Waals surface area contributed by atoms with E-state index in [0.717, 1.165) is 0 Å². The van der Waals surface area contributed by atoms with E-state index in [1.165, 1.54) is 16.0 Å². The molecule has 96 valence electrons. The smallest absolute Gasteiger partial charge is 0.409 e. The molecule has 0 aliphatic heterocycles. The molecule has 0 saturated heterocycles. The van der Waals surface area contributed by atoms with Gasteiger partial charge in [-0.25, -0.2) is 19.4 Å². The highest BCUT2D eigenvalue weighted by Gasteiger charge is 2.12. The number of nitrogen functional groups attached to an aromatic ring is 1. The van der Waals surface area contributed by atoms with E-state index < -0.39 is 6.09 Å². The maximum Gasteiger partial charge on any atom is 0.409 e. The van der Waals surface area contributed by atoms with Crippen LogP contribution in [0.25, 0.3) is 22.6 Å². The number of thiazole rings is 1. The lowest BCUT2D eigenvalue weighted by atomic mass is 10.3. The molecule has 0 aliphatic rings. The SMILES string of the molecule is Nn1c(-c2cscn2)nc2cc(NC(=O)O)ccc21. The van der Waals surface area contributed by atoms with Crippen LogP contribution in [0.5, 0.6) is 0 Å². The maximum absolute atomic E-state index is 10.6. The summed E-state index contributed by atoms with van der Waals surface area (Å²) in [5.41, 5.74) is 4.15. The zero-order valence-corrected chi connectivity index (χ0v) is 10.4. The molecule has 0 radical (unpaired) electrons. The van der Waals surface area contributed by atoms with Crippen LogP contribution < -0.4 is 11.2 Å². The summed E-state index contributed by atoms with van der Waals surface area (Å²) < 4.78 is 1.44. The topological polar surface area (TPSA) is 106 Å². The molecule has 3 aromatic rings. The third-order valence-corrected chi connectivity index (χ3v) is 3.19. The van der Waals surface area contributed by atoms with E-state index in [1.54, 1.807) is 23.7 Å². The summed E-state index contributed by atoms with van der Waals surface area (Å²) in [4.78, 5) is 19.1. The highest BCUT2D eigenvalue weighted by Crippen LogP contribution is 2.24. The highest BCUT2D eigenvalue weighted by molar-refractivity contribution is 7.07. The molecule has 0 atom stereocenters. The Hall–Kier alpha value is -2.61. The predicted octanol–water partition coefficient (Wildman–Crippen LogP) is 1.96. The maximum atomic E-state index is 10.6. The molecule has 2 heterocycles. The Bertz CT molecular complexity index is 750. The van der Waals surface area contributed by atoms with Crippen molar-refractivity contribution in [3.05, 3.63) is 29.1 Å². The summed E-state index contributed by atoms with van der Waals surface area (Å²) in [6.45, 7) is 0. The summed E-state index contributed by atoms with van der Waals surface area (Å²) in [5, 5.41) is 12.8. The standard InChI is InChI=1S/C11H9N5O2S/c12-16-9-2-1-6(14-11(17)18)3-7(9)15-10(16)8-4-19-5-13-8/h1-5,14H,12H2,(H,17,18). The first-order valence-electron chi connectivity index (χ1n) is 5.31. The minimum atomic E-state index is -1.12. The van der Waals surface area contributed by atoms with Gasteiger partial charge in [-0.05, 0) is 18.2 Å². The Balaban J connectivity index is 2.12. The number of anilines is 1. The van der Waals surface area contributed by atoms with Gasteiger partial charge in [0.1, 0.15) is 5.69 Å². The second kappa shape index (κ2) is 4.25. The van der Waals surface area contributed by atoms with Crippen LogP contribution in [0, 0.1) is 0 Å². The van der Waals surface area contributed by atoms with E-state index >= 15 is 0 Å². The number of nitrogens with zero attached hydrogens (tertiary/aromatic N) is 3. The van der Waals surface area contributed by atoms with Gasteiger partial charge in [0.05, 0.1) is 16.5 Å². The van der Waals surface area contributed by atoms with Gasteiger partial charge >= 0.3 is 6.09 Å². The minimum absolute atomic E-state index is 0.447. The molecule has 4 N–H and O–H groups in total. The summed E-state index contributed by atoms with van der Waals surface area (Å²) in [6.07, 6.45) is -1.12. The van der Waals surface area contributed by atoms with Crippen LogP contribution in [0.15, 0.2) is 29.1 Å². The number of carboxylic acid groups (broad SMARTS) is 1. The molecule has 8 heteroatoms. The number of benzene rings is 1. The van der Waals surface area contributed by atoms with Gasteiger partial charge in [0.25, 0.3) is 0 Å². The second-order valence-corrected chi connectivity index (χ2v) is 4.53. The molecule has 1 aromatic carbocycles. The average Bonchev–Trinajstić information content (AvgIpc) is 2.96. The van der Waals surface area contributed by atoms with Crippen LogP contribution in [-0.4, -0.2) is 25.8 Å². The normalized spacial score (nSPS) is 10.7. The molecular formula is C11H9N5O2S. The van der Waals surface area contributed by atoms with Crippen molar-refractivity contribution in [1.29, 1.82) is 0 Å². The largest absolute Gasteiger partial charge is 0.465 e. The molecule has 19 heavy (non-hydrogen) atoms. The number of hydrogen-bond acceptors (Lipinski definition) is 5. The van der Waals surface area contributed by atoms with Crippen LogP contribution in [-0.2, 0) is 0 Å². The van der Waals surface area contributed by atoms with E-state index in [9.17, 15) is 4.79 Å². The molecule has 1 amide bonds. The number of nitrogens with one attached hydrogen (secondary N) is 1. The Labute approximate surface area is 111 Å². The third kappa shape index (κ3) is 1.97. The van der Waals surface area contributed by atoms with Crippen molar-refractivity contribution in [2.24, 2.45) is 0 Å². The zero-order valence-electron chi connectivity index (χ0n) is 9.57. The number of nitrogens with two attached hydrogens (primary N) is 1. The van der Waals surface area contributed by atoms with Crippen molar-refractivity contribution in [2.75, 3.05) is 11.2 Å². The van der Waals surface area contributed by atoms with E-state index in [4.69, 9.17) is 10.9 Å². The van der Waals surface area contributed by atoms with Gasteiger partial charge in [0.2, 0.25) is 0 Å². The summed E-state index contributed by atoms with van der Waals surface area (Å²) in [7, 11) is 0. The molecule has 0 fully saturated rings. The molecule has 7 nitrogen and oxygen atoms in total. The first-order chi connectivity index (χ1) is 9.15. The first-order valence-corrected chi connectivity index (χ1v) is 6.25. The molecule has 0 unspecified atom stereocenters. The van der Waals surface area contributed by atoms with Gasteiger partial charge < -0.3 is 10.9 Å². The van der Waals surface area contributed by atoms with Gasteiger partial charge in [-0.2, -0.15) is 0 Å². The number of fused-ring (bicyclic) bond motifs is 1. The lowest BCUT2D eigenvalue weighted by molar-refractivity contribution is 0.210. The molecule has 3 rings (SSSR count). The van der Waals surface area contributed by atoms with Gasteiger partial charge in [-0.15, -0.1) is 11.3 Å². The van der Waals surface area contributed by atoms with Gasteiger partial charge in [0, 0.05) is 11.1 Å². The fourth-order valence-electron chi connectivity index (χ4n) is 1.80. The molecule has 0 bridgehead atoms. The van der Waals surface area contributed by atoms with Crippen LogP contribution >= 0.6 is 11.3 Å². The van der Waals surface area contributed by atoms with Crippen LogP contribution in [0.2, 0.25) is 0 Å². The predicted molar refractivity (Wildman–Crippen MR) is 72.6 cm³/mol. The number of aromatic nitrogens is 3. The van der Waals surface area contributed by atoms with E-state index in [1.807, 2.05) is 5.38 Å². The molecule has 0 aliphatic carbocycles. The summed E-state index contributed by atoms with van der Waals surface area (Å²) >= 11 is 1.45. The first kappa shape index (κ1) is 11.5. The molecule has 2 aromatic heterocycles. The van der Waals surface area contributed by atoms with Crippen LogP contribution in [0.4, 0.5) is 10.5 Å². The van der Waals surface area contributed by atoms with E-state index in [0.29, 0.717) is 28.2 Å². The van der Waals surface area contributed by atoms with Crippen molar-refractivity contribution < 1.29 is 9.90 Å². The van der Waals surface area contributed by atoms with Crippen molar-refractivity contribution in [3.8, 4) is 11.5 Å². The van der Waals surface area contributed by atoms with Crippen molar-refractivity contribution in [2.45, 2.75) is 0 Å². The van der Waals surface area contributed by atoms with E-state index in [2.05, 4.69) is 15.3 Å². The van der Waals surface area contributed by atoms with Gasteiger partial charge in [0.15, 0.2) is 5.82 Å². The number of rotatable bonds is 2. The lowest BCUT2D eigenvalue weighted by Gasteiger charge is -2.01. The quantitative estimate of drug-likeness (QED) is 0.620. The minimum Gasteiger partial charge on any atom is -0.465 e. The Morgan fingerprint density at radius 3 is 3.00 bits per heavy atom. The number of carbonyl (C=O) groups is 1. The molecule has 0 saturated carbocycles. The van der Waals surface area contributed by atoms with Crippen LogP contribution in [0.1, 0.15) is 0 Å². The lowest BCUT2D eigenvalue weighted by Crippen LogP contribution is -2.10. The average molecular weight is 275 g/mol. The molecular weight excluding hydrogens is 266 g/mol. The van der Waals surface area contributed by atoms with Crippen LogP contribution in [0.3, 0.4) is 0 Å². The third-order valence-electron chi connectivity index (χ3n) is 2.60. The number of imidazole rings is 1. The highest BCUT2D eigenvalue weighted by atomic mass is 32.1. The fourth-order valence-corrected chi connectivity index (χ4v) is 2.33. The van der Waals surface area contributed by atoms with Gasteiger partial charge in [-0.1, -0.05) is 0 Å². The Morgan fingerprint density at radius 2 is 2.32 bits per heavy atom.